The first-order valence-electron chi connectivity index (χ1n) is 14.0. The van der Waals surface area contributed by atoms with E-state index in [2.05, 4.69) is 26.8 Å². The number of hydrogen-bond acceptors (Lipinski definition) is 7. The quantitative estimate of drug-likeness (QED) is 0.337. The van der Waals surface area contributed by atoms with Gasteiger partial charge in [-0.15, -0.1) is 0 Å². The minimum Gasteiger partial charge on any atom is -0.496 e. The third-order valence-electron chi connectivity index (χ3n) is 7.40. The molecule has 0 aliphatic carbocycles. The van der Waals surface area contributed by atoms with Gasteiger partial charge in [0.15, 0.2) is 5.43 Å². The van der Waals surface area contributed by atoms with Gasteiger partial charge in [-0.05, 0) is 55.9 Å². The van der Waals surface area contributed by atoms with E-state index in [-0.39, 0.29) is 41.6 Å². The number of fused-ring (bicyclic) bond motifs is 3. The average Bonchev–Trinajstić information content (AvgIpc) is 2.92. The van der Waals surface area contributed by atoms with E-state index in [1.54, 1.807) is 44.0 Å². The number of pyridine rings is 2. The Labute approximate surface area is 239 Å². The van der Waals surface area contributed by atoms with Crippen molar-refractivity contribution in [2.24, 2.45) is 5.41 Å². The predicted molar refractivity (Wildman–Crippen MR) is 156 cm³/mol. The number of carbonyl (C=O) groups excluding carboxylic acids is 2. The maximum absolute atomic E-state index is 13.0. The van der Waals surface area contributed by atoms with Crippen LogP contribution in [0.1, 0.15) is 69.4 Å². The first kappa shape index (κ1) is 29.8. The second kappa shape index (κ2) is 12.2. The summed E-state index contributed by atoms with van der Waals surface area (Å²) in [6.45, 7) is 10.8. The van der Waals surface area contributed by atoms with Crippen LogP contribution >= 0.6 is 0 Å². The Morgan fingerprint density at radius 3 is 2.37 bits per heavy atom. The maximum atomic E-state index is 13.0. The standard InChI is InChI=1S/C32H38N2O7/c1-7-40-30(37)10-9-13-33-18-20(11-12-29(33)36)23-14-21-15-28(32(3,4)5)34-19-24(31(38)41-8-2)26(35)17-25(34)22(21)16-27(23)39-6/h11-12,14,16-19,28H,7-10,13,15H2,1-6H3. The van der Waals surface area contributed by atoms with Crippen molar-refractivity contribution >= 4 is 11.9 Å². The van der Waals surface area contributed by atoms with Gasteiger partial charge in [-0.3, -0.25) is 14.4 Å². The molecule has 0 bridgehead atoms. The van der Waals surface area contributed by atoms with Gasteiger partial charge in [0.05, 0.1) is 26.0 Å². The van der Waals surface area contributed by atoms with Crippen LogP contribution in [0.15, 0.2) is 52.3 Å². The van der Waals surface area contributed by atoms with E-state index in [1.165, 1.54) is 12.1 Å². The van der Waals surface area contributed by atoms with Crippen molar-refractivity contribution in [2.75, 3.05) is 20.3 Å². The van der Waals surface area contributed by atoms with Crippen molar-refractivity contribution in [1.82, 2.24) is 9.13 Å². The predicted octanol–water partition coefficient (Wildman–Crippen LogP) is 5.02. The summed E-state index contributed by atoms with van der Waals surface area (Å²) in [5.74, 6) is -0.324. The summed E-state index contributed by atoms with van der Waals surface area (Å²) in [7, 11) is 1.58. The number of esters is 2. The Morgan fingerprint density at radius 1 is 0.976 bits per heavy atom. The minimum absolute atomic E-state index is 0.0158. The lowest BCUT2D eigenvalue weighted by atomic mass is 9.78. The van der Waals surface area contributed by atoms with Gasteiger partial charge in [0.25, 0.3) is 5.56 Å². The molecule has 9 nitrogen and oxygen atoms in total. The van der Waals surface area contributed by atoms with Crippen molar-refractivity contribution in [1.29, 1.82) is 0 Å². The lowest BCUT2D eigenvalue weighted by Crippen LogP contribution is -2.33. The molecule has 1 aliphatic heterocycles. The molecule has 1 atom stereocenters. The highest BCUT2D eigenvalue weighted by molar-refractivity contribution is 5.89. The van der Waals surface area contributed by atoms with Crippen LogP contribution in [0.5, 0.6) is 5.75 Å². The molecule has 1 aliphatic rings. The number of nitrogens with zero attached hydrogens (tertiary/aromatic N) is 2. The Morgan fingerprint density at radius 2 is 1.71 bits per heavy atom. The summed E-state index contributed by atoms with van der Waals surface area (Å²) >= 11 is 0. The molecule has 3 heterocycles. The summed E-state index contributed by atoms with van der Waals surface area (Å²) in [4.78, 5) is 49.9. The van der Waals surface area contributed by atoms with E-state index >= 15 is 0 Å². The number of ether oxygens (including phenoxy) is 3. The van der Waals surface area contributed by atoms with Crippen molar-refractivity contribution in [3.05, 3.63) is 74.4 Å². The van der Waals surface area contributed by atoms with Gasteiger partial charge in [0.1, 0.15) is 11.3 Å². The third-order valence-corrected chi connectivity index (χ3v) is 7.40. The van der Waals surface area contributed by atoms with Crippen LogP contribution in [0.2, 0.25) is 0 Å². The molecule has 41 heavy (non-hydrogen) atoms. The molecule has 0 spiro atoms. The third kappa shape index (κ3) is 6.29. The van der Waals surface area contributed by atoms with Gasteiger partial charge < -0.3 is 23.3 Å². The van der Waals surface area contributed by atoms with Gasteiger partial charge in [-0.25, -0.2) is 4.79 Å². The van der Waals surface area contributed by atoms with Gasteiger partial charge in [-0.2, -0.15) is 0 Å². The van der Waals surface area contributed by atoms with Crippen LogP contribution < -0.4 is 15.7 Å². The molecule has 2 aromatic heterocycles. The highest BCUT2D eigenvalue weighted by Crippen LogP contribution is 2.45. The normalized spacial score (nSPS) is 14.1. The first-order valence-corrected chi connectivity index (χ1v) is 14.0. The van der Waals surface area contributed by atoms with Crippen LogP contribution in [0.25, 0.3) is 22.4 Å². The molecule has 0 saturated heterocycles. The first-order chi connectivity index (χ1) is 19.5. The Hall–Kier alpha value is -4.14. The fourth-order valence-electron chi connectivity index (χ4n) is 5.33. The van der Waals surface area contributed by atoms with E-state index in [1.807, 2.05) is 10.6 Å². The Balaban J connectivity index is 1.80. The van der Waals surface area contributed by atoms with Crippen LogP contribution in [-0.4, -0.2) is 41.4 Å². The van der Waals surface area contributed by atoms with E-state index in [9.17, 15) is 19.2 Å². The maximum Gasteiger partial charge on any atom is 0.343 e. The minimum atomic E-state index is -0.628. The highest BCUT2D eigenvalue weighted by Gasteiger charge is 2.34. The molecule has 1 aromatic carbocycles. The lowest BCUT2D eigenvalue weighted by Gasteiger charge is -2.39. The number of benzene rings is 1. The zero-order chi connectivity index (χ0) is 29.9. The van der Waals surface area contributed by atoms with E-state index in [4.69, 9.17) is 14.2 Å². The molecule has 0 saturated carbocycles. The van der Waals surface area contributed by atoms with E-state index < -0.39 is 11.4 Å². The van der Waals surface area contributed by atoms with Gasteiger partial charge in [0.2, 0.25) is 0 Å². The summed E-state index contributed by atoms with van der Waals surface area (Å²) in [6, 6.07) is 8.71. The van der Waals surface area contributed by atoms with Crippen molar-refractivity contribution in [2.45, 2.75) is 66.5 Å². The number of aryl methyl sites for hydroxylation is 1. The molecule has 218 valence electrons. The second-order valence-corrected chi connectivity index (χ2v) is 11.2. The van der Waals surface area contributed by atoms with Crippen LogP contribution in [0.3, 0.4) is 0 Å². The monoisotopic (exact) mass is 562 g/mol. The topological polar surface area (TPSA) is 106 Å². The number of methoxy groups -OCH3 is 1. The molecule has 9 heteroatoms. The zero-order valence-corrected chi connectivity index (χ0v) is 24.6. The van der Waals surface area contributed by atoms with E-state index in [0.717, 1.165) is 22.3 Å². The molecule has 1 unspecified atom stereocenters. The molecule has 0 fully saturated rings. The highest BCUT2D eigenvalue weighted by atomic mass is 16.5. The number of rotatable bonds is 9. The van der Waals surface area contributed by atoms with Crippen molar-refractivity contribution in [3.8, 4) is 28.1 Å². The molecule has 0 N–H and O–H groups in total. The molecular weight excluding hydrogens is 524 g/mol. The fourth-order valence-corrected chi connectivity index (χ4v) is 5.33. The smallest absolute Gasteiger partial charge is 0.343 e. The second-order valence-electron chi connectivity index (χ2n) is 11.2. The van der Waals surface area contributed by atoms with Gasteiger partial charge in [0, 0.05) is 60.2 Å². The van der Waals surface area contributed by atoms with E-state index in [0.29, 0.717) is 37.4 Å². The Bertz CT molecular complexity index is 1580. The van der Waals surface area contributed by atoms with Gasteiger partial charge >= 0.3 is 11.9 Å². The molecular formula is C32H38N2O7. The lowest BCUT2D eigenvalue weighted by molar-refractivity contribution is -0.143. The fraction of sp³-hybridized carbons (Fsp3) is 0.438. The molecule has 4 rings (SSSR count). The molecule has 0 radical (unpaired) electrons. The van der Waals surface area contributed by atoms with Crippen LogP contribution in [0.4, 0.5) is 0 Å². The molecule has 3 aromatic rings. The van der Waals surface area contributed by atoms with Crippen LogP contribution in [0, 0.1) is 5.41 Å². The van der Waals surface area contributed by atoms with Gasteiger partial charge in [-0.1, -0.05) is 20.8 Å². The average molecular weight is 563 g/mol. The Kier molecular flexibility index (Phi) is 8.85. The van der Waals surface area contributed by atoms with Crippen molar-refractivity contribution < 1.29 is 23.8 Å². The van der Waals surface area contributed by atoms with Crippen molar-refractivity contribution in [3.63, 3.8) is 0 Å². The summed E-state index contributed by atoms with van der Waals surface area (Å²) < 4.78 is 19.5. The summed E-state index contributed by atoms with van der Waals surface area (Å²) in [6.07, 6.45) is 4.79. The summed E-state index contributed by atoms with van der Waals surface area (Å²) in [5, 5.41) is 0. The molecule has 0 amide bonds. The largest absolute Gasteiger partial charge is 0.496 e. The zero-order valence-electron chi connectivity index (χ0n) is 24.6. The number of hydrogen-bond donors (Lipinski definition) is 0. The number of carbonyl (C=O) groups is 2. The SMILES string of the molecule is CCOC(=O)CCCn1cc(-c2cc3c(cc2OC)-c2cc(=O)c(C(=O)OCC)cn2C(C(C)(C)C)C3)ccc1=O. The van der Waals surface area contributed by atoms with Crippen LogP contribution in [-0.2, 0) is 27.2 Å². The number of aromatic nitrogens is 2. The summed E-state index contributed by atoms with van der Waals surface area (Å²) in [5.41, 5.74) is 3.47.